The number of fused-ring (bicyclic) bond motifs is 1. The number of thioether (sulfide) groups is 1. The van der Waals surface area contributed by atoms with E-state index in [0.29, 0.717) is 30.1 Å². The molecular weight excluding hydrogens is 284 g/mol. The molecule has 0 amide bonds. The van der Waals surface area contributed by atoms with Gasteiger partial charge in [0.2, 0.25) is 0 Å². The molecule has 0 bridgehead atoms. The molecule has 3 aliphatic rings. The number of aliphatic imine (C=N–C) groups is 2. The zero-order chi connectivity index (χ0) is 15.0. The summed E-state index contributed by atoms with van der Waals surface area (Å²) in [6.45, 7) is 7.74. The van der Waals surface area contributed by atoms with Crippen LogP contribution in [0.3, 0.4) is 0 Å². The number of nitrogens with one attached hydrogen (secondary N) is 1. The molecule has 1 fully saturated rings. The number of hydrogen-bond acceptors (Lipinski definition) is 6. The maximum absolute atomic E-state index is 5.52. The minimum absolute atomic E-state index is 0.0591. The molecule has 0 spiro atoms. The van der Waals surface area contributed by atoms with Gasteiger partial charge in [0.25, 0.3) is 0 Å². The van der Waals surface area contributed by atoms with Crippen LogP contribution in [0.4, 0.5) is 0 Å². The summed E-state index contributed by atoms with van der Waals surface area (Å²) in [6, 6.07) is 1.71. The molecule has 21 heavy (non-hydrogen) atoms. The molecule has 3 rings (SSSR count). The van der Waals surface area contributed by atoms with Crippen molar-refractivity contribution in [3.05, 3.63) is 0 Å². The molecule has 0 radical (unpaired) electrons. The lowest BCUT2D eigenvalue weighted by Crippen LogP contribution is -2.53. The molecular formula is C15H26N4OS. The predicted octanol–water partition coefficient (Wildman–Crippen LogP) is 1.59. The normalized spacial score (nSPS) is 42.3. The minimum atomic E-state index is -0.0591. The Morgan fingerprint density at radius 3 is 3.00 bits per heavy atom. The van der Waals surface area contributed by atoms with Crippen LogP contribution in [-0.4, -0.2) is 66.1 Å². The first kappa shape index (κ1) is 15.3. The van der Waals surface area contributed by atoms with Gasteiger partial charge in [-0.2, -0.15) is 0 Å². The Bertz CT molecular complexity index is 441. The number of methoxy groups -OCH3 is 1. The second kappa shape index (κ2) is 6.26. The first-order chi connectivity index (χ1) is 10.1. The van der Waals surface area contributed by atoms with Gasteiger partial charge in [-0.1, -0.05) is 18.7 Å². The van der Waals surface area contributed by atoms with Crippen LogP contribution in [0.15, 0.2) is 9.98 Å². The van der Waals surface area contributed by atoms with Crippen LogP contribution in [0.1, 0.15) is 27.2 Å². The Kier molecular flexibility index (Phi) is 4.57. The number of nitrogens with zero attached hydrogens (tertiary/aromatic N) is 3. The first-order valence-electron chi connectivity index (χ1n) is 7.88. The molecule has 1 saturated heterocycles. The van der Waals surface area contributed by atoms with Gasteiger partial charge in [-0.3, -0.25) is 9.98 Å². The maximum atomic E-state index is 5.52. The quantitative estimate of drug-likeness (QED) is 0.857. The summed E-state index contributed by atoms with van der Waals surface area (Å²) in [7, 11) is 1.74. The average molecular weight is 310 g/mol. The van der Waals surface area contributed by atoms with Crippen LogP contribution in [0.25, 0.3) is 0 Å². The highest BCUT2D eigenvalue weighted by Crippen LogP contribution is 2.33. The van der Waals surface area contributed by atoms with E-state index >= 15 is 0 Å². The Hall–Kier alpha value is -0.590. The van der Waals surface area contributed by atoms with E-state index in [9.17, 15) is 0 Å². The zero-order valence-corrected chi connectivity index (χ0v) is 14.1. The average Bonchev–Trinajstić information content (AvgIpc) is 2.97. The first-order valence-corrected chi connectivity index (χ1v) is 8.87. The van der Waals surface area contributed by atoms with Crippen molar-refractivity contribution in [2.45, 2.75) is 57.6 Å². The van der Waals surface area contributed by atoms with Gasteiger partial charge < -0.3 is 15.0 Å². The molecule has 118 valence electrons. The highest BCUT2D eigenvalue weighted by atomic mass is 32.2. The van der Waals surface area contributed by atoms with E-state index in [1.807, 2.05) is 18.0 Å². The fraction of sp³-hybridized carbons (Fsp3) is 0.867. The highest BCUT2D eigenvalue weighted by Gasteiger charge is 2.41. The van der Waals surface area contributed by atoms with Crippen LogP contribution in [0.2, 0.25) is 0 Å². The van der Waals surface area contributed by atoms with Crippen LogP contribution < -0.4 is 5.32 Å². The molecule has 6 atom stereocenters. The standard InChI is InChI=1S/C15H26N4OS/c1-9-5-6-16-14(20-4)13(9)17-7-12-11(3)18-15-19(12)10(2)8-21-15/h6,9-14,17H,5,7-8H2,1-4H3. The molecule has 6 unspecified atom stereocenters. The fourth-order valence-electron chi connectivity index (χ4n) is 3.49. The summed E-state index contributed by atoms with van der Waals surface area (Å²) in [4.78, 5) is 11.8. The van der Waals surface area contributed by atoms with Crippen molar-refractivity contribution in [2.24, 2.45) is 15.9 Å². The molecule has 0 aromatic carbocycles. The van der Waals surface area contributed by atoms with Crippen molar-refractivity contribution >= 4 is 23.1 Å². The monoisotopic (exact) mass is 310 g/mol. The van der Waals surface area contributed by atoms with E-state index in [2.05, 4.69) is 36.0 Å². The number of ether oxygens (including phenoxy) is 1. The Balaban J connectivity index is 1.63. The van der Waals surface area contributed by atoms with Crippen LogP contribution >= 0.6 is 11.8 Å². The highest BCUT2D eigenvalue weighted by molar-refractivity contribution is 8.14. The van der Waals surface area contributed by atoms with E-state index in [-0.39, 0.29) is 6.23 Å². The Morgan fingerprint density at radius 1 is 1.43 bits per heavy atom. The third-order valence-electron chi connectivity index (χ3n) is 4.83. The lowest BCUT2D eigenvalue weighted by Gasteiger charge is -2.35. The fourth-order valence-corrected chi connectivity index (χ4v) is 4.75. The van der Waals surface area contributed by atoms with Gasteiger partial charge in [0, 0.05) is 31.7 Å². The molecule has 6 heteroatoms. The van der Waals surface area contributed by atoms with Crippen LogP contribution in [0.5, 0.6) is 0 Å². The lowest BCUT2D eigenvalue weighted by molar-refractivity contribution is 0.0502. The summed E-state index contributed by atoms with van der Waals surface area (Å²) in [5, 5.41) is 4.95. The summed E-state index contributed by atoms with van der Waals surface area (Å²) >= 11 is 1.90. The van der Waals surface area contributed by atoms with Crippen molar-refractivity contribution in [2.75, 3.05) is 19.4 Å². The largest absolute Gasteiger partial charge is 0.358 e. The van der Waals surface area contributed by atoms with E-state index in [0.717, 1.165) is 18.7 Å². The van der Waals surface area contributed by atoms with Gasteiger partial charge in [0.05, 0.1) is 18.1 Å². The second-order valence-corrected chi connectivity index (χ2v) is 7.38. The molecule has 3 heterocycles. The Morgan fingerprint density at radius 2 is 2.24 bits per heavy atom. The topological polar surface area (TPSA) is 49.2 Å². The molecule has 0 saturated carbocycles. The third-order valence-corrected chi connectivity index (χ3v) is 6.06. The number of hydrogen-bond donors (Lipinski definition) is 1. The summed E-state index contributed by atoms with van der Waals surface area (Å²) in [6.07, 6.45) is 2.96. The number of rotatable bonds is 4. The SMILES string of the molecule is COC1N=CCC(C)C1NCC1C(C)N=C2SCC(C)N21. The van der Waals surface area contributed by atoms with Crippen molar-refractivity contribution in [1.82, 2.24) is 10.2 Å². The molecule has 0 aliphatic carbocycles. The molecule has 0 aromatic heterocycles. The number of amidine groups is 1. The molecule has 0 aromatic rings. The van der Waals surface area contributed by atoms with Gasteiger partial charge in [-0.15, -0.1) is 0 Å². The van der Waals surface area contributed by atoms with Crippen molar-refractivity contribution in [1.29, 1.82) is 0 Å². The summed E-state index contributed by atoms with van der Waals surface area (Å²) in [5.41, 5.74) is 0. The summed E-state index contributed by atoms with van der Waals surface area (Å²) < 4.78 is 5.52. The third kappa shape index (κ3) is 2.85. The van der Waals surface area contributed by atoms with Gasteiger partial charge >= 0.3 is 0 Å². The summed E-state index contributed by atoms with van der Waals surface area (Å²) in [5.74, 6) is 1.71. The van der Waals surface area contributed by atoms with E-state index in [4.69, 9.17) is 9.73 Å². The van der Waals surface area contributed by atoms with Gasteiger partial charge in [0.1, 0.15) is 0 Å². The molecule has 5 nitrogen and oxygen atoms in total. The predicted molar refractivity (Wildman–Crippen MR) is 89.3 cm³/mol. The van der Waals surface area contributed by atoms with Gasteiger partial charge in [-0.05, 0) is 26.2 Å². The second-order valence-electron chi connectivity index (χ2n) is 6.39. The Labute approximate surface area is 131 Å². The van der Waals surface area contributed by atoms with Crippen molar-refractivity contribution < 1.29 is 4.74 Å². The van der Waals surface area contributed by atoms with Crippen LogP contribution in [-0.2, 0) is 4.74 Å². The van der Waals surface area contributed by atoms with Crippen LogP contribution in [0, 0.1) is 5.92 Å². The smallest absolute Gasteiger partial charge is 0.162 e. The maximum Gasteiger partial charge on any atom is 0.162 e. The van der Waals surface area contributed by atoms with E-state index in [1.165, 1.54) is 5.17 Å². The van der Waals surface area contributed by atoms with Crippen molar-refractivity contribution in [3.8, 4) is 0 Å². The van der Waals surface area contributed by atoms with Gasteiger partial charge in [-0.25, -0.2) is 0 Å². The lowest BCUT2D eigenvalue weighted by atomic mass is 9.94. The molecule has 1 N–H and O–H groups in total. The van der Waals surface area contributed by atoms with E-state index in [1.54, 1.807) is 7.11 Å². The minimum Gasteiger partial charge on any atom is -0.358 e. The van der Waals surface area contributed by atoms with Crippen molar-refractivity contribution in [3.63, 3.8) is 0 Å². The molecule has 3 aliphatic heterocycles. The zero-order valence-electron chi connectivity index (χ0n) is 13.3. The van der Waals surface area contributed by atoms with Gasteiger partial charge in [0.15, 0.2) is 11.4 Å². The van der Waals surface area contributed by atoms with E-state index < -0.39 is 0 Å².